The van der Waals surface area contributed by atoms with E-state index in [2.05, 4.69) is 82.7 Å². The summed E-state index contributed by atoms with van der Waals surface area (Å²) in [5.41, 5.74) is 2.63. The summed E-state index contributed by atoms with van der Waals surface area (Å²) in [7, 11) is -0.245. The van der Waals surface area contributed by atoms with Crippen LogP contribution in [-0.4, -0.2) is 38.4 Å². The third-order valence-electron chi connectivity index (χ3n) is 11.3. The molecule has 8 atom stereocenters. The van der Waals surface area contributed by atoms with Crippen LogP contribution in [0.4, 0.5) is 0 Å². The van der Waals surface area contributed by atoms with Gasteiger partial charge in [-0.1, -0.05) is 66.2 Å². The molecule has 4 saturated carbocycles. The Morgan fingerprint density at radius 3 is 1.64 bits per heavy atom. The maximum absolute atomic E-state index is 6.31. The standard InChI is InChI=1S/C35H64N2OSi.2BrH.Ni/c1-24(2)29-21-19-27-14-9-11-16-31(27)34(29)36-26(5)33(18-13-23-38-39(6,7)8)37-35-30(25(3)4)22-20-28-15-10-12-17-32(28)35;;;/h24-25,27-32,34-35H,9-23H2,1-8H3;2*1H;/q;;;+2/p-2. The first-order chi connectivity index (χ1) is 20.0. The molecular formula is C35H64Br2N2NiOSi. The van der Waals surface area contributed by atoms with Crippen LogP contribution in [0, 0.1) is 47.3 Å². The molecule has 4 fully saturated rings. The van der Waals surface area contributed by atoms with Gasteiger partial charge in [0.1, 0.15) is 0 Å². The molecule has 4 rings (SSSR count). The zero-order valence-corrected chi connectivity index (χ0v) is 33.4. The summed E-state index contributed by atoms with van der Waals surface area (Å²) in [6.45, 7) is 20.0. The summed E-state index contributed by atoms with van der Waals surface area (Å²) in [5.74, 6) is 6.29. The van der Waals surface area contributed by atoms with Crippen LogP contribution in [0.3, 0.4) is 0 Å². The second-order valence-electron chi connectivity index (χ2n) is 15.8. The van der Waals surface area contributed by atoms with Gasteiger partial charge in [0.15, 0.2) is 8.32 Å². The van der Waals surface area contributed by atoms with Crippen molar-refractivity contribution >= 4 is 48.2 Å². The van der Waals surface area contributed by atoms with Crippen LogP contribution in [0.25, 0.3) is 0 Å². The van der Waals surface area contributed by atoms with E-state index in [-0.39, 0.29) is 0 Å². The van der Waals surface area contributed by atoms with Gasteiger partial charge < -0.3 is 4.43 Å². The van der Waals surface area contributed by atoms with Crippen molar-refractivity contribution in [2.45, 2.75) is 156 Å². The van der Waals surface area contributed by atoms with Crippen LogP contribution in [-0.2, 0) is 15.3 Å². The maximum atomic E-state index is 6.31. The molecule has 42 heavy (non-hydrogen) atoms. The van der Waals surface area contributed by atoms with Crippen LogP contribution in [0.2, 0.25) is 19.6 Å². The van der Waals surface area contributed by atoms with Crippen molar-refractivity contribution in [2.75, 3.05) is 6.61 Å². The van der Waals surface area contributed by atoms with Gasteiger partial charge in [-0.05, 0) is 125 Å². The van der Waals surface area contributed by atoms with E-state index in [1.54, 1.807) is 0 Å². The molecule has 7 heteroatoms. The number of hydrogen-bond donors (Lipinski definition) is 0. The Morgan fingerprint density at radius 2 is 1.19 bits per heavy atom. The second-order valence-corrected chi connectivity index (χ2v) is 25.3. The third-order valence-corrected chi connectivity index (χ3v) is 12.4. The van der Waals surface area contributed by atoms with Crippen LogP contribution < -0.4 is 0 Å². The molecule has 0 heterocycles. The van der Waals surface area contributed by atoms with E-state index >= 15 is 0 Å². The van der Waals surface area contributed by atoms with Crippen molar-refractivity contribution in [1.29, 1.82) is 0 Å². The summed E-state index contributed by atoms with van der Waals surface area (Å²) >= 11 is 6.00. The van der Waals surface area contributed by atoms with Crippen molar-refractivity contribution in [2.24, 2.45) is 57.3 Å². The van der Waals surface area contributed by atoms with E-state index in [1.807, 2.05) is 0 Å². The van der Waals surface area contributed by atoms with Gasteiger partial charge in [0.05, 0.1) is 23.5 Å². The summed E-state index contributed by atoms with van der Waals surface area (Å²) < 4.78 is 6.31. The minimum atomic E-state index is -1.49. The van der Waals surface area contributed by atoms with Gasteiger partial charge in [0.25, 0.3) is 0 Å². The minimum absolute atomic E-state index is 0.497. The van der Waals surface area contributed by atoms with Gasteiger partial charge in [-0.15, -0.1) is 0 Å². The fourth-order valence-electron chi connectivity index (χ4n) is 9.15. The molecule has 0 radical (unpaired) electrons. The monoisotopic (exact) mass is 772 g/mol. The van der Waals surface area contributed by atoms with E-state index in [0.717, 1.165) is 55.0 Å². The molecule has 0 amide bonds. The predicted molar refractivity (Wildman–Crippen MR) is 191 cm³/mol. The number of halogens is 2. The Hall–Kier alpha value is 0.970. The Morgan fingerprint density at radius 1 is 0.738 bits per heavy atom. The zero-order valence-electron chi connectivity index (χ0n) is 28.3. The first-order valence-corrected chi connectivity index (χ1v) is 25.8. The average molecular weight is 775 g/mol. The number of rotatable bonds is 10. The summed E-state index contributed by atoms with van der Waals surface area (Å²) in [4.78, 5) is 11.6. The first kappa shape index (κ1) is 37.4. The van der Waals surface area contributed by atoms with Crippen LogP contribution in [0.5, 0.6) is 0 Å². The predicted octanol–water partition coefficient (Wildman–Crippen LogP) is 11.7. The van der Waals surface area contributed by atoms with Crippen LogP contribution in [0.1, 0.15) is 125 Å². The molecule has 0 aliphatic heterocycles. The number of fused-ring (bicyclic) bond motifs is 2. The van der Waals surface area contributed by atoms with Gasteiger partial charge in [-0.3, -0.25) is 9.98 Å². The van der Waals surface area contributed by atoms with E-state index < -0.39 is 8.32 Å². The molecule has 0 bridgehead atoms. The van der Waals surface area contributed by atoms with Crippen molar-refractivity contribution in [3.05, 3.63) is 0 Å². The van der Waals surface area contributed by atoms with Crippen molar-refractivity contribution < 1.29 is 15.3 Å². The average Bonchev–Trinajstić information content (AvgIpc) is 2.94. The van der Waals surface area contributed by atoms with Gasteiger partial charge in [0.2, 0.25) is 0 Å². The Balaban J connectivity index is 0.00000155. The Labute approximate surface area is 281 Å². The molecule has 0 aromatic carbocycles. The van der Waals surface area contributed by atoms with E-state index in [0.29, 0.717) is 23.9 Å². The molecule has 0 spiro atoms. The third kappa shape index (κ3) is 11.0. The van der Waals surface area contributed by atoms with Crippen LogP contribution in [0.15, 0.2) is 9.98 Å². The molecule has 0 saturated heterocycles. The molecule has 8 unspecified atom stereocenters. The SMILES string of the molecule is CC(=NC1C(C(C)C)CCC2CCCCC21)C(CCCO[Si](C)(C)C)=NC1C(C(C)C)CCC2CCCCC21.[Br][Ni][Br]. The van der Waals surface area contributed by atoms with Gasteiger partial charge in [-0.2, -0.15) is 0 Å². The van der Waals surface area contributed by atoms with Gasteiger partial charge in [0, 0.05) is 6.61 Å². The normalized spacial score (nSPS) is 34.6. The Kier molecular flexibility index (Phi) is 16.3. The molecule has 248 valence electrons. The Bertz CT molecular complexity index is 860. The number of aliphatic imine (C=N–C) groups is 2. The molecule has 0 aromatic heterocycles. The van der Waals surface area contributed by atoms with Crippen molar-refractivity contribution in [3.8, 4) is 0 Å². The molecule has 0 N–H and O–H groups in total. The summed E-state index contributed by atoms with van der Waals surface area (Å²) in [6, 6.07) is 0.999. The van der Waals surface area contributed by atoms with Crippen molar-refractivity contribution in [1.82, 2.24) is 0 Å². The quantitative estimate of drug-likeness (QED) is 0.124. The molecule has 4 aliphatic rings. The fraction of sp³-hybridized carbons (Fsp3) is 0.943. The molecule has 0 aromatic rings. The van der Waals surface area contributed by atoms with Crippen LogP contribution >= 0.6 is 28.5 Å². The fourth-order valence-corrected chi connectivity index (χ4v) is 9.91. The molecule has 4 aliphatic carbocycles. The van der Waals surface area contributed by atoms with E-state index in [1.165, 1.54) is 99.4 Å². The zero-order chi connectivity index (χ0) is 30.9. The molecule has 3 nitrogen and oxygen atoms in total. The molecular weight excluding hydrogens is 711 g/mol. The van der Waals surface area contributed by atoms with E-state index in [9.17, 15) is 0 Å². The summed E-state index contributed by atoms with van der Waals surface area (Å²) in [5, 5.41) is 0. The summed E-state index contributed by atoms with van der Waals surface area (Å²) in [6.07, 6.45) is 19.1. The van der Waals surface area contributed by atoms with E-state index in [4.69, 9.17) is 14.4 Å². The topological polar surface area (TPSA) is 34.0 Å². The first-order valence-electron chi connectivity index (χ1n) is 17.5. The van der Waals surface area contributed by atoms with Gasteiger partial charge in [-0.25, -0.2) is 0 Å². The number of nitrogens with zero attached hydrogens (tertiary/aromatic N) is 2. The van der Waals surface area contributed by atoms with Crippen molar-refractivity contribution in [3.63, 3.8) is 0 Å². The number of hydrogen-bond acceptors (Lipinski definition) is 3. The second kappa shape index (κ2) is 18.3. The van der Waals surface area contributed by atoms with Gasteiger partial charge >= 0.3 is 39.3 Å².